The lowest BCUT2D eigenvalue weighted by molar-refractivity contribution is -0.137. The van der Waals surface area contributed by atoms with Crippen LogP contribution in [0.1, 0.15) is 39.4 Å². The Morgan fingerprint density at radius 2 is 1.97 bits per heavy atom. The summed E-state index contributed by atoms with van der Waals surface area (Å²) in [5.74, 6) is 0.0276. The first-order valence-corrected chi connectivity index (χ1v) is 11.6. The zero-order chi connectivity index (χ0) is 21.2. The zero-order valence-corrected chi connectivity index (χ0v) is 18.4. The Kier molecular flexibility index (Phi) is 6.33. The maximum atomic E-state index is 12.5. The van der Waals surface area contributed by atoms with Gasteiger partial charge in [-0.2, -0.15) is 0 Å². The van der Waals surface area contributed by atoms with E-state index in [1.54, 1.807) is 18.2 Å². The minimum absolute atomic E-state index is 0.0502. The van der Waals surface area contributed by atoms with Crippen LogP contribution in [0.4, 0.5) is 0 Å². The number of nitrogens with zero attached hydrogens (tertiary/aromatic N) is 2. The molecule has 8 heteroatoms. The van der Waals surface area contributed by atoms with Gasteiger partial charge in [0.05, 0.1) is 23.0 Å². The van der Waals surface area contributed by atoms with E-state index >= 15 is 0 Å². The molecule has 7 nitrogen and oxygen atoms in total. The van der Waals surface area contributed by atoms with E-state index in [0.717, 1.165) is 50.4 Å². The standard InChI is InChI=1S/C21H30N2O5S/c1-21(2,3)12-19-22-17-11-16(29(25,26)14-20(24)27-4)5-6-18(17)23(19)13-15-7-9-28-10-8-15/h5-6,11,15H,7-10,12-14H2,1-4H3. The second kappa shape index (κ2) is 8.44. The maximum absolute atomic E-state index is 12.5. The molecule has 1 aromatic carbocycles. The molecule has 0 N–H and O–H groups in total. The molecule has 0 unspecified atom stereocenters. The number of ether oxygens (including phenoxy) is 2. The molecule has 0 amide bonds. The molecule has 2 heterocycles. The third kappa shape index (κ3) is 5.36. The lowest BCUT2D eigenvalue weighted by atomic mass is 9.91. The predicted molar refractivity (Wildman–Crippen MR) is 111 cm³/mol. The van der Waals surface area contributed by atoms with Crippen LogP contribution in [0.3, 0.4) is 0 Å². The Balaban J connectivity index is 2.00. The first-order chi connectivity index (χ1) is 13.6. The SMILES string of the molecule is COC(=O)CS(=O)(=O)c1ccc2c(c1)nc(CC(C)(C)C)n2CC1CCOCC1. The first kappa shape index (κ1) is 21.8. The number of aromatic nitrogens is 2. The summed E-state index contributed by atoms with van der Waals surface area (Å²) >= 11 is 0. The number of esters is 1. The summed E-state index contributed by atoms with van der Waals surface area (Å²) in [7, 11) is -2.59. The molecule has 160 valence electrons. The Morgan fingerprint density at radius 1 is 1.28 bits per heavy atom. The van der Waals surface area contributed by atoms with Crippen LogP contribution >= 0.6 is 0 Å². The van der Waals surface area contributed by atoms with Gasteiger partial charge in [0.2, 0.25) is 0 Å². The number of sulfone groups is 1. The van der Waals surface area contributed by atoms with E-state index in [0.29, 0.717) is 11.4 Å². The molecule has 0 saturated carbocycles. The molecule has 1 fully saturated rings. The highest BCUT2D eigenvalue weighted by atomic mass is 32.2. The molecule has 0 radical (unpaired) electrons. The predicted octanol–water partition coefficient (Wildman–Crippen LogP) is 3.00. The number of hydrogen-bond donors (Lipinski definition) is 0. The van der Waals surface area contributed by atoms with Gasteiger partial charge in [-0.15, -0.1) is 0 Å². The van der Waals surface area contributed by atoms with Gasteiger partial charge in [-0.25, -0.2) is 13.4 Å². The molecule has 29 heavy (non-hydrogen) atoms. The Labute approximate surface area is 172 Å². The second-order valence-electron chi connectivity index (χ2n) is 8.92. The Bertz CT molecular complexity index is 982. The van der Waals surface area contributed by atoms with Crippen molar-refractivity contribution in [1.82, 2.24) is 9.55 Å². The molecule has 2 aromatic rings. The van der Waals surface area contributed by atoms with Crippen LogP contribution in [-0.2, 0) is 37.1 Å². The lowest BCUT2D eigenvalue weighted by Gasteiger charge is -2.25. The van der Waals surface area contributed by atoms with E-state index in [4.69, 9.17) is 9.72 Å². The van der Waals surface area contributed by atoms with Crippen LogP contribution in [0.25, 0.3) is 11.0 Å². The van der Waals surface area contributed by atoms with E-state index in [1.165, 1.54) is 7.11 Å². The summed E-state index contributed by atoms with van der Waals surface area (Å²) in [4.78, 5) is 16.3. The fourth-order valence-electron chi connectivity index (χ4n) is 3.65. The van der Waals surface area contributed by atoms with Gasteiger partial charge in [-0.1, -0.05) is 20.8 Å². The first-order valence-electron chi connectivity index (χ1n) is 9.95. The van der Waals surface area contributed by atoms with Crippen molar-refractivity contribution < 1.29 is 22.7 Å². The van der Waals surface area contributed by atoms with E-state index < -0.39 is 21.6 Å². The van der Waals surface area contributed by atoms with Crippen molar-refractivity contribution in [2.75, 3.05) is 26.1 Å². The molecular weight excluding hydrogens is 392 g/mol. The topological polar surface area (TPSA) is 87.5 Å². The average Bonchev–Trinajstić information content (AvgIpc) is 2.97. The third-order valence-electron chi connectivity index (χ3n) is 5.16. The van der Waals surface area contributed by atoms with Gasteiger partial charge in [0.15, 0.2) is 15.6 Å². The van der Waals surface area contributed by atoms with Crippen LogP contribution in [-0.4, -0.2) is 50.0 Å². The minimum Gasteiger partial charge on any atom is -0.468 e. The fourth-order valence-corrected chi connectivity index (χ4v) is 4.81. The van der Waals surface area contributed by atoms with Crippen LogP contribution < -0.4 is 0 Å². The van der Waals surface area contributed by atoms with E-state index in [9.17, 15) is 13.2 Å². The number of imidazole rings is 1. The van der Waals surface area contributed by atoms with Crippen molar-refractivity contribution in [3.05, 3.63) is 24.0 Å². The maximum Gasteiger partial charge on any atom is 0.321 e. The van der Waals surface area contributed by atoms with Crippen molar-refractivity contribution in [3.63, 3.8) is 0 Å². The minimum atomic E-state index is -3.77. The zero-order valence-electron chi connectivity index (χ0n) is 17.6. The van der Waals surface area contributed by atoms with Crippen LogP contribution in [0.5, 0.6) is 0 Å². The molecule has 0 atom stereocenters. The Hall–Kier alpha value is -1.93. The molecule has 1 saturated heterocycles. The average molecular weight is 423 g/mol. The van der Waals surface area contributed by atoms with Crippen molar-refractivity contribution in [3.8, 4) is 0 Å². The largest absolute Gasteiger partial charge is 0.468 e. The number of fused-ring (bicyclic) bond motifs is 1. The van der Waals surface area contributed by atoms with Crippen LogP contribution in [0.2, 0.25) is 0 Å². The summed E-state index contributed by atoms with van der Waals surface area (Å²) in [5.41, 5.74) is 1.62. The number of hydrogen-bond acceptors (Lipinski definition) is 6. The Morgan fingerprint density at radius 3 is 2.59 bits per heavy atom. The summed E-state index contributed by atoms with van der Waals surface area (Å²) in [5, 5.41) is 0. The van der Waals surface area contributed by atoms with Gasteiger partial charge in [0, 0.05) is 26.2 Å². The van der Waals surface area contributed by atoms with E-state index in [2.05, 4.69) is 30.1 Å². The van der Waals surface area contributed by atoms with Crippen LogP contribution in [0.15, 0.2) is 23.1 Å². The molecule has 1 aliphatic rings. The number of rotatable bonds is 6. The van der Waals surface area contributed by atoms with Gasteiger partial charge in [0.25, 0.3) is 0 Å². The summed E-state index contributed by atoms with van der Waals surface area (Å²) in [6.07, 6.45) is 2.82. The summed E-state index contributed by atoms with van der Waals surface area (Å²) in [6, 6.07) is 4.93. The van der Waals surface area contributed by atoms with Crippen molar-refractivity contribution in [2.24, 2.45) is 11.3 Å². The van der Waals surface area contributed by atoms with Crippen molar-refractivity contribution >= 4 is 26.8 Å². The van der Waals surface area contributed by atoms with Gasteiger partial charge in [-0.3, -0.25) is 4.79 Å². The second-order valence-corrected chi connectivity index (χ2v) is 10.9. The fraction of sp³-hybridized carbons (Fsp3) is 0.619. The molecule has 0 spiro atoms. The lowest BCUT2D eigenvalue weighted by Crippen LogP contribution is -2.22. The van der Waals surface area contributed by atoms with E-state index in [1.807, 2.05) is 0 Å². The normalized spacial score (nSPS) is 16.3. The van der Waals surface area contributed by atoms with Gasteiger partial charge in [-0.05, 0) is 42.4 Å². The summed E-state index contributed by atoms with van der Waals surface area (Å²) in [6.45, 7) is 8.90. The van der Waals surface area contributed by atoms with Gasteiger partial charge < -0.3 is 14.0 Å². The molecule has 0 bridgehead atoms. The van der Waals surface area contributed by atoms with Crippen molar-refractivity contribution in [2.45, 2.75) is 51.5 Å². The van der Waals surface area contributed by atoms with Gasteiger partial charge >= 0.3 is 5.97 Å². The molecule has 0 aliphatic carbocycles. The quantitative estimate of drug-likeness (QED) is 0.665. The highest BCUT2D eigenvalue weighted by molar-refractivity contribution is 7.92. The molecule has 1 aromatic heterocycles. The number of carbonyl (C=O) groups is 1. The molecular formula is C21H30N2O5S. The number of methoxy groups -OCH3 is 1. The highest BCUT2D eigenvalue weighted by Gasteiger charge is 2.24. The van der Waals surface area contributed by atoms with Crippen LogP contribution in [0, 0.1) is 11.3 Å². The summed E-state index contributed by atoms with van der Waals surface area (Å²) < 4.78 is 37.3. The monoisotopic (exact) mass is 422 g/mol. The van der Waals surface area contributed by atoms with E-state index in [-0.39, 0.29) is 10.3 Å². The molecule has 1 aliphatic heterocycles. The smallest absolute Gasteiger partial charge is 0.321 e. The number of benzene rings is 1. The van der Waals surface area contributed by atoms with Gasteiger partial charge in [0.1, 0.15) is 5.82 Å². The highest BCUT2D eigenvalue weighted by Crippen LogP contribution is 2.28. The number of carbonyl (C=O) groups excluding carboxylic acids is 1. The third-order valence-corrected chi connectivity index (χ3v) is 6.75. The van der Waals surface area contributed by atoms with Crippen molar-refractivity contribution in [1.29, 1.82) is 0 Å². The molecule has 3 rings (SSSR count).